The number of piperazine rings is 1. The van der Waals surface area contributed by atoms with E-state index in [1.807, 2.05) is 55.5 Å². The van der Waals surface area contributed by atoms with Crippen molar-refractivity contribution in [3.63, 3.8) is 0 Å². The molecule has 1 saturated heterocycles. The van der Waals surface area contributed by atoms with Crippen LogP contribution in [-0.2, 0) is 16.6 Å². The van der Waals surface area contributed by atoms with Gasteiger partial charge in [0.15, 0.2) is 0 Å². The highest BCUT2D eigenvalue weighted by Crippen LogP contribution is 2.25. The lowest BCUT2D eigenvalue weighted by atomic mass is 10.1. The molecule has 4 rings (SSSR count). The Morgan fingerprint density at radius 3 is 2.35 bits per heavy atom. The molecule has 0 atom stereocenters. The van der Waals surface area contributed by atoms with E-state index < -0.39 is 21.2 Å². The summed E-state index contributed by atoms with van der Waals surface area (Å²) in [4.78, 5) is 18.5. The zero-order valence-electron chi connectivity index (χ0n) is 21.4. The van der Waals surface area contributed by atoms with Crippen LogP contribution in [0.1, 0.15) is 35.3 Å². The van der Waals surface area contributed by atoms with Gasteiger partial charge >= 0.3 is 0 Å². The largest absolute Gasteiger partial charge is 0.380 e. The lowest BCUT2D eigenvalue weighted by Crippen LogP contribution is -2.50. The van der Waals surface area contributed by atoms with E-state index in [0.717, 1.165) is 22.5 Å². The normalized spacial score (nSPS) is 14.5. The molecule has 0 aliphatic carbocycles. The molecule has 37 heavy (non-hydrogen) atoms. The third-order valence-corrected chi connectivity index (χ3v) is 8.88. The molecule has 0 radical (unpaired) electrons. The van der Waals surface area contributed by atoms with E-state index in [1.54, 1.807) is 24.2 Å². The number of hydrogen-bond donors (Lipinski definition) is 3. The van der Waals surface area contributed by atoms with Gasteiger partial charge in [-0.2, -0.15) is 4.31 Å². The molecule has 196 valence electrons. The van der Waals surface area contributed by atoms with Crippen molar-refractivity contribution in [1.82, 2.24) is 9.29 Å². The fourth-order valence-electron chi connectivity index (χ4n) is 4.27. The summed E-state index contributed by atoms with van der Waals surface area (Å²) in [6.45, 7) is 8.28. The van der Waals surface area contributed by atoms with E-state index in [2.05, 4.69) is 20.5 Å². The van der Waals surface area contributed by atoms with Crippen LogP contribution in [0.25, 0.3) is 0 Å². The molecule has 1 amide bonds. The van der Waals surface area contributed by atoms with Crippen LogP contribution in [0, 0.1) is 6.92 Å². The number of sulfonamides is 1. The highest BCUT2D eigenvalue weighted by molar-refractivity contribution is 7.89. The molecule has 0 bridgehead atoms. The number of nitrogens with zero attached hydrogens (tertiary/aromatic N) is 3. The third kappa shape index (κ3) is 6.20. The molecule has 3 aromatic rings. The second kappa shape index (κ2) is 11.2. The second-order valence-electron chi connectivity index (χ2n) is 9.41. The minimum Gasteiger partial charge on any atom is -0.380 e. The van der Waals surface area contributed by atoms with Crippen LogP contribution in [0.3, 0.4) is 0 Å². The van der Waals surface area contributed by atoms with Crippen molar-refractivity contribution in [1.29, 1.82) is 0 Å². The van der Waals surface area contributed by atoms with Crippen LogP contribution >= 0.6 is 0 Å². The van der Waals surface area contributed by atoms with Gasteiger partial charge in [0.2, 0.25) is 10.0 Å². The molecule has 9 nitrogen and oxygen atoms in total. The SMILES string of the molecule is Cc1ccccc1CNc1cc(Nc2ccc(N3CCN(S(=O)(=O)C(C)C)CC3)cc2)ncc1C(N)=O. The summed E-state index contributed by atoms with van der Waals surface area (Å²) in [7, 11) is -3.23. The first kappa shape index (κ1) is 26.4. The monoisotopic (exact) mass is 522 g/mol. The Kier molecular flexibility index (Phi) is 7.99. The quantitative estimate of drug-likeness (QED) is 0.392. The molecular weight excluding hydrogens is 488 g/mol. The molecule has 1 aliphatic rings. The number of aryl methyl sites for hydroxylation is 1. The number of nitrogens with two attached hydrogens (primary N) is 1. The molecule has 0 unspecified atom stereocenters. The van der Waals surface area contributed by atoms with Gasteiger partial charge in [-0.25, -0.2) is 13.4 Å². The molecule has 10 heteroatoms. The van der Waals surface area contributed by atoms with Crippen LogP contribution in [0.4, 0.5) is 22.9 Å². The molecule has 1 aliphatic heterocycles. The van der Waals surface area contributed by atoms with E-state index >= 15 is 0 Å². The number of carbonyl (C=O) groups excluding carboxylic acids is 1. The summed E-state index contributed by atoms with van der Waals surface area (Å²) in [5.74, 6) is 0.0366. The van der Waals surface area contributed by atoms with Crippen molar-refractivity contribution in [3.8, 4) is 0 Å². The Hall–Kier alpha value is -3.63. The van der Waals surface area contributed by atoms with E-state index in [9.17, 15) is 13.2 Å². The minimum atomic E-state index is -3.23. The van der Waals surface area contributed by atoms with Gasteiger partial charge in [-0.3, -0.25) is 4.79 Å². The van der Waals surface area contributed by atoms with Crippen molar-refractivity contribution in [3.05, 3.63) is 77.5 Å². The highest BCUT2D eigenvalue weighted by Gasteiger charge is 2.29. The van der Waals surface area contributed by atoms with E-state index in [-0.39, 0.29) is 0 Å². The molecule has 0 saturated carbocycles. The predicted octanol–water partition coefficient (Wildman–Crippen LogP) is 3.70. The Morgan fingerprint density at radius 2 is 1.73 bits per heavy atom. The van der Waals surface area contributed by atoms with Crippen molar-refractivity contribution in [2.24, 2.45) is 5.73 Å². The molecule has 0 spiro atoms. The van der Waals surface area contributed by atoms with Crippen LogP contribution in [0.5, 0.6) is 0 Å². The van der Waals surface area contributed by atoms with Gasteiger partial charge < -0.3 is 21.3 Å². The Bertz CT molecular complexity index is 1350. The second-order valence-corrected chi connectivity index (χ2v) is 11.9. The number of amides is 1. The van der Waals surface area contributed by atoms with Crippen molar-refractivity contribution >= 4 is 38.8 Å². The smallest absolute Gasteiger partial charge is 0.252 e. The number of primary amides is 1. The lowest BCUT2D eigenvalue weighted by molar-refractivity contribution is 0.100. The zero-order chi connectivity index (χ0) is 26.6. The maximum absolute atomic E-state index is 12.4. The van der Waals surface area contributed by atoms with Crippen molar-refractivity contribution in [2.75, 3.05) is 41.7 Å². The number of rotatable bonds is 9. The molecule has 1 aromatic heterocycles. The first-order valence-corrected chi connectivity index (χ1v) is 13.8. The van der Waals surface area contributed by atoms with Crippen LogP contribution < -0.4 is 21.3 Å². The number of benzene rings is 2. The van der Waals surface area contributed by atoms with Crippen molar-refractivity contribution in [2.45, 2.75) is 32.6 Å². The van der Waals surface area contributed by atoms with Crippen LogP contribution in [0.15, 0.2) is 60.8 Å². The molecule has 1 fully saturated rings. The summed E-state index contributed by atoms with van der Waals surface area (Å²) in [5.41, 5.74) is 10.7. The standard InChI is InChI=1S/C27H34N6O3S/c1-19(2)37(35,36)33-14-12-32(13-15-33)23-10-8-22(9-11-23)31-26-16-25(24(18-30-26)27(28)34)29-17-21-7-5-4-6-20(21)3/h4-11,16,18-19H,12-15,17H2,1-3H3,(H2,28,34)(H2,29,30,31). The molecule has 4 N–H and O–H groups in total. The average molecular weight is 523 g/mol. The van der Waals surface area contributed by atoms with E-state index in [4.69, 9.17) is 5.73 Å². The molecular formula is C27H34N6O3S. The van der Waals surface area contributed by atoms with Gasteiger partial charge in [0.05, 0.1) is 16.5 Å². The maximum Gasteiger partial charge on any atom is 0.252 e. The predicted molar refractivity (Wildman–Crippen MR) is 149 cm³/mol. The number of carbonyl (C=O) groups is 1. The van der Waals surface area contributed by atoms with Crippen molar-refractivity contribution < 1.29 is 13.2 Å². The van der Waals surface area contributed by atoms with Gasteiger partial charge in [0.25, 0.3) is 5.91 Å². The number of aromatic nitrogens is 1. The maximum atomic E-state index is 12.4. The van der Waals surface area contributed by atoms with Crippen LogP contribution in [-0.4, -0.2) is 55.0 Å². The lowest BCUT2D eigenvalue weighted by Gasteiger charge is -2.36. The third-order valence-electron chi connectivity index (χ3n) is 6.60. The summed E-state index contributed by atoms with van der Waals surface area (Å²) in [5, 5.41) is 6.19. The summed E-state index contributed by atoms with van der Waals surface area (Å²) < 4.78 is 26.4. The first-order chi connectivity index (χ1) is 17.6. The van der Waals surface area contributed by atoms with E-state index in [1.165, 1.54) is 6.20 Å². The number of pyridine rings is 1. The van der Waals surface area contributed by atoms with Gasteiger partial charge in [-0.1, -0.05) is 24.3 Å². The zero-order valence-corrected chi connectivity index (χ0v) is 22.3. The number of anilines is 4. The van der Waals surface area contributed by atoms with Gasteiger partial charge in [0, 0.05) is 56.4 Å². The van der Waals surface area contributed by atoms with Crippen LogP contribution in [0.2, 0.25) is 0 Å². The molecule has 2 heterocycles. The Morgan fingerprint density at radius 1 is 1.05 bits per heavy atom. The summed E-state index contributed by atoms with van der Waals surface area (Å²) in [6, 6.07) is 17.8. The van der Waals surface area contributed by atoms with Gasteiger partial charge in [0.1, 0.15) is 5.82 Å². The molecule has 2 aromatic carbocycles. The summed E-state index contributed by atoms with van der Waals surface area (Å²) in [6.07, 6.45) is 1.48. The highest BCUT2D eigenvalue weighted by atomic mass is 32.2. The topological polar surface area (TPSA) is 121 Å². The van der Waals surface area contributed by atoms with Gasteiger partial charge in [-0.15, -0.1) is 0 Å². The fourth-order valence-corrected chi connectivity index (χ4v) is 5.54. The minimum absolute atomic E-state index is 0.327. The summed E-state index contributed by atoms with van der Waals surface area (Å²) >= 11 is 0. The number of nitrogens with one attached hydrogen (secondary N) is 2. The van der Waals surface area contributed by atoms with Gasteiger partial charge in [-0.05, 0) is 56.2 Å². The first-order valence-electron chi connectivity index (χ1n) is 12.3. The fraction of sp³-hybridized carbons (Fsp3) is 0.333. The van der Waals surface area contributed by atoms with E-state index in [0.29, 0.717) is 49.8 Å². The Labute approximate surface area is 218 Å². The Balaban J connectivity index is 1.42. The average Bonchev–Trinajstić information content (AvgIpc) is 2.88. The number of hydrogen-bond acceptors (Lipinski definition) is 7.